The molecule has 164 valence electrons. The lowest BCUT2D eigenvalue weighted by molar-refractivity contribution is 0.144. The van der Waals surface area contributed by atoms with Gasteiger partial charge in [0.25, 0.3) is 0 Å². The number of piperazine rings is 1. The predicted molar refractivity (Wildman–Crippen MR) is 121 cm³/mol. The summed E-state index contributed by atoms with van der Waals surface area (Å²) in [5, 5.41) is 0.636. The third-order valence-electron chi connectivity index (χ3n) is 5.58. The highest BCUT2D eigenvalue weighted by Gasteiger charge is 2.23. The van der Waals surface area contributed by atoms with E-state index < -0.39 is 0 Å². The van der Waals surface area contributed by atoms with Crippen molar-refractivity contribution < 1.29 is 18.9 Å². The third kappa shape index (κ3) is 5.31. The van der Waals surface area contributed by atoms with Crippen LogP contribution in [0.4, 0.5) is 5.69 Å². The second kappa shape index (κ2) is 10.8. The lowest BCUT2D eigenvalue weighted by Crippen LogP contribution is -2.47. The van der Waals surface area contributed by atoms with E-state index in [9.17, 15) is 0 Å². The van der Waals surface area contributed by atoms with E-state index in [-0.39, 0.29) is 6.04 Å². The molecule has 30 heavy (non-hydrogen) atoms. The van der Waals surface area contributed by atoms with Crippen LogP contribution in [0.15, 0.2) is 36.4 Å². The van der Waals surface area contributed by atoms with Crippen LogP contribution in [0.5, 0.6) is 17.2 Å². The summed E-state index contributed by atoms with van der Waals surface area (Å²) in [7, 11) is 4.98. The van der Waals surface area contributed by atoms with E-state index in [2.05, 4.69) is 34.9 Å². The zero-order valence-electron chi connectivity index (χ0n) is 18.2. The summed E-state index contributed by atoms with van der Waals surface area (Å²) in [4.78, 5) is 4.86. The van der Waals surface area contributed by atoms with Crippen LogP contribution in [0, 0.1) is 0 Å². The van der Waals surface area contributed by atoms with Crippen LogP contribution in [0.2, 0.25) is 5.02 Å². The van der Waals surface area contributed by atoms with Gasteiger partial charge in [-0.25, -0.2) is 0 Å². The molecule has 6 nitrogen and oxygen atoms in total. The van der Waals surface area contributed by atoms with E-state index in [1.807, 2.05) is 18.2 Å². The molecule has 1 heterocycles. The van der Waals surface area contributed by atoms with Crippen molar-refractivity contribution in [1.82, 2.24) is 4.90 Å². The SMILES string of the molecule is COCCOc1ccc(C(C)N2CCN(c3ccc(Cl)c(OC)c3)CC2)cc1OC. The first-order valence-corrected chi connectivity index (χ1v) is 10.6. The average molecular weight is 435 g/mol. The van der Waals surface area contributed by atoms with Crippen molar-refractivity contribution in [2.75, 3.05) is 65.6 Å². The Kier molecular flexibility index (Phi) is 8.08. The first kappa shape index (κ1) is 22.5. The number of nitrogens with zero attached hydrogens (tertiary/aromatic N) is 2. The number of halogens is 1. The Morgan fingerprint density at radius 3 is 2.27 bits per heavy atom. The van der Waals surface area contributed by atoms with Gasteiger partial charge in [-0.2, -0.15) is 0 Å². The molecule has 3 rings (SSSR count). The molecule has 0 aromatic heterocycles. The molecule has 0 spiro atoms. The van der Waals surface area contributed by atoms with Crippen molar-refractivity contribution in [3.63, 3.8) is 0 Å². The molecule has 0 radical (unpaired) electrons. The lowest BCUT2D eigenvalue weighted by atomic mass is 10.0. The Morgan fingerprint density at radius 1 is 0.867 bits per heavy atom. The number of hydrogen-bond donors (Lipinski definition) is 0. The van der Waals surface area contributed by atoms with Gasteiger partial charge in [-0.15, -0.1) is 0 Å². The van der Waals surface area contributed by atoms with Gasteiger partial charge in [0.15, 0.2) is 11.5 Å². The molecular weight excluding hydrogens is 404 g/mol. The average Bonchev–Trinajstić information content (AvgIpc) is 2.79. The standard InChI is InChI=1S/C23H31ClN2O4/c1-17(18-5-8-21(23(15-18)29-4)30-14-13-27-2)25-9-11-26(12-10-25)19-6-7-20(24)22(16-19)28-3/h5-8,15-17H,9-14H2,1-4H3. The van der Waals surface area contributed by atoms with Crippen LogP contribution in [-0.4, -0.2) is 65.6 Å². The fourth-order valence-corrected chi connectivity index (χ4v) is 3.92. The second-order valence-corrected chi connectivity index (χ2v) is 7.68. The summed E-state index contributed by atoms with van der Waals surface area (Å²) < 4.78 is 21.7. The maximum absolute atomic E-state index is 6.16. The summed E-state index contributed by atoms with van der Waals surface area (Å²) in [6.07, 6.45) is 0. The van der Waals surface area contributed by atoms with Gasteiger partial charge in [0.2, 0.25) is 0 Å². The highest BCUT2D eigenvalue weighted by atomic mass is 35.5. The minimum absolute atomic E-state index is 0.286. The van der Waals surface area contributed by atoms with Gasteiger partial charge in [0.05, 0.1) is 25.8 Å². The number of methoxy groups -OCH3 is 3. The Morgan fingerprint density at radius 2 is 1.60 bits per heavy atom. The third-order valence-corrected chi connectivity index (χ3v) is 5.89. The molecule has 7 heteroatoms. The minimum atomic E-state index is 0.286. The highest BCUT2D eigenvalue weighted by Crippen LogP contribution is 2.33. The summed E-state index contributed by atoms with van der Waals surface area (Å²) in [6.45, 7) is 7.13. The number of rotatable bonds is 9. The van der Waals surface area contributed by atoms with Gasteiger partial charge in [0, 0.05) is 51.1 Å². The van der Waals surface area contributed by atoms with Gasteiger partial charge in [-0.1, -0.05) is 17.7 Å². The summed E-state index contributed by atoms with van der Waals surface area (Å²) in [5.74, 6) is 2.21. The van der Waals surface area contributed by atoms with Crippen molar-refractivity contribution >= 4 is 17.3 Å². The van der Waals surface area contributed by atoms with Crippen molar-refractivity contribution in [3.05, 3.63) is 47.0 Å². The van der Waals surface area contributed by atoms with E-state index in [4.69, 9.17) is 30.5 Å². The fourth-order valence-electron chi connectivity index (χ4n) is 3.72. The molecule has 1 atom stereocenters. The normalized spacial score (nSPS) is 15.7. The number of ether oxygens (including phenoxy) is 4. The molecule has 1 saturated heterocycles. The quantitative estimate of drug-likeness (QED) is 0.549. The topological polar surface area (TPSA) is 43.4 Å². The van der Waals surface area contributed by atoms with Crippen LogP contribution in [0.3, 0.4) is 0 Å². The van der Waals surface area contributed by atoms with Crippen LogP contribution in [-0.2, 0) is 4.74 Å². The van der Waals surface area contributed by atoms with Crippen LogP contribution >= 0.6 is 11.6 Å². The van der Waals surface area contributed by atoms with E-state index >= 15 is 0 Å². The summed E-state index contributed by atoms with van der Waals surface area (Å²) >= 11 is 6.16. The zero-order chi connectivity index (χ0) is 21.5. The van der Waals surface area contributed by atoms with Gasteiger partial charge >= 0.3 is 0 Å². The van der Waals surface area contributed by atoms with Gasteiger partial charge in [0.1, 0.15) is 12.4 Å². The van der Waals surface area contributed by atoms with Gasteiger partial charge < -0.3 is 23.8 Å². The second-order valence-electron chi connectivity index (χ2n) is 7.27. The van der Waals surface area contributed by atoms with Gasteiger partial charge in [-0.3, -0.25) is 4.90 Å². The molecule has 0 aliphatic carbocycles. The minimum Gasteiger partial charge on any atom is -0.495 e. The Balaban J connectivity index is 1.62. The molecule has 0 amide bonds. The number of hydrogen-bond acceptors (Lipinski definition) is 6. The van der Waals surface area contributed by atoms with Crippen molar-refractivity contribution in [1.29, 1.82) is 0 Å². The van der Waals surface area contributed by atoms with Crippen molar-refractivity contribution in [2.24, 2.45) is 0 Å². The van der Waals surface area contributed by atoms with Crippen LogP contribution in [0.25, 0.3) is 0 Å². The molecular formula is C23H31ClN2O4. The maximum atomic E-state index is 6.16. The maximum Gasteiger partial charge on any atom is 0.161 e. The largest absolute Gasteiger partial charge is 0.495 e. The fraction of sp³-hybridized carbons (Fsp3) is 0.478. The summed E-state index contributed by atoms with van der Waals surface area (Å²) in [5.41, 5.74) is 2.36. The molecule has 2 aromatic carbocycles. The molecule has 1 unspecified atom stereocenters. The van der Waals surface area contributed by atoms with Crippen molar-refractivity contribution in [2.45, 2.75) is 13.0 Å². The molecule has 1 fully saturated rings. The first-order valence-electron chi connectivity index (χ1n) is 10.2. The molecule has 1 aliphatic heterocycles. The van der Waals surface area contributed by atoms with Crippen LogP contribution < -0.4 is 19.1 Å². The number of benzene rings is 2. The predicted octanol–water partition coefficient (Wildman–Crippen LogP) is 4.27. The highest BCUT2D eigenvalue weighted by molar-refractivity contribution is 6.32. The summed E-state index contributed by atoms with van der Waals surface area (Å²) in [6, 6.07) is 12.4. The van der Waals surface area contributed by atoms with Gasteiger partial charge in [-0.05, 0) is 36.8 Å². The Bertz CT molecular complexity index is 825. The van der Waals surface area contributed by atoms with E-state index in [0.29, 0.717) is 24.0 Å². The molecule has 0 bridgehead atoms. The first-order chi connectivity index (χ1) is 14.6. The molecule has 0 N–H and O–H groups in total. The van der Waals surface area contributed by atoms with E-state index in [0.717, 1.165) is 43.4 Å². The molecule has 2 aromatic rings. The molecule has 1 aliphatic rings. The zero-order valence-corrected chi connectivity index (χ0v) is 18.9. The van der Waals surface area contributed by atoms with E-state index in [1.54, 1.807) is 21.3 Å². The Hall–Kier alpha value is -2.15. The Labute approximate surface area is 184 Å². The molecule has 0 saturated carbocycles. The van der Waals surface area contributed by atoms with Crippen LogP contribution in [0.1, 0.15) is 18.5 Å². The number of anilines is 1. The van der Waals surface area contributed by atoms with E-state index in [1.165, 1.54) is 5.56 Å². The lowest BCUT2D eigenvalue weighted by Gasteiger charge is -2.39. The smallest absolute Gasteiger partial charge is 0.161 e. The van der Waals surface area contributed by atoms with Crippen molar-refractivity contribution in [3.8, 4) is 17.2 Å². The monoisotopic (exact) mass is 434 g/mol.